The number of halogens is 1. The summed E-state index contributed by atoms with van der Waals surface area (Å²) >= 11 is 7.43. The van der Waals surface area contributed by atoms with Crippen LogP contribution in [0.2, 0.25) is 5.02 Å². The number of benzene rings is 2. The lowest BCUT2D eigenvalue weighted by atomic mass is 10.0. The van der Waals surface area contributed by atoms with Crippen LogP contribution in [0.25, 0.3) is 11.1 Å². The number of aryl methyl sites for hydroxylation is 1. The second kappa shape index (κ2) is 7.70. The molecule has 4 rings (SSSR count). The normalized spacial score (nSPS) is 13.6. The molecule has 1 N–H and O–H groups in total. The average Bonchev–Trinajstić information content (AvgIpc) is 3.39. The molecule has 6 nitrogen and oxygen atoms in total. The van der Waals surface area contributed by atoms with Crippen molar-refractivity contribution in [3.8, 4) is 11.1 Å². The van der Waals surface area contributed by atoms with E-state index in [-0.39, 0.29) is 11.7 Å². The number of aromatic nitrogens is 4. The van der Waals surface area contributed by atoms with Gasteiger partial charge < -0.3 is 5.32 Å². The van der Waals surface area contributed by atoms with Crippen molar-refractivity contribution in [3.05, 3.63) is 53.1 Å². The molecular formula is C19H18ClN5OS. The maximum atomic E-state index is 12.3. The van der Waals surface area contributed by atoms with Crippen molar-refractivity contribution in [1.29, 1.82) is 0 Å². The van der Waals surface area contributed by atoms with Crippen LogP contribution in [0.4, 0.5) is 5.69 Å². The van der Waals surface area contributed by atoms with E-state index in [9.17, 15) is 4.79 Å². The molecule has 0 saturated heterocycles. The summed E-state index contributed by atoms with van der Waals surface area (Å²) in [6, 6.07) is 14.1. The third-order valence-corrected chi connectivity index (χ3v) is 5.51. The topological polar surface area (TPSA) is 72.7 Å². The van der Waals surface area contributed by atoms with Gasteiger partial charge in [-0.15, -0.1) is 5.10 Å². The lowest BCUT2D eigenvalue weighted by Gasteiger charge is -2.11. The smallest absolute Gasteiger partial charge is 0.234 e. The zero-order valence-corrected chi connectivity index (χ0v) is 16.3. The summed E-state index contributed by atoms with van der Waals surface area (Å²) in [4.78, 5) is 12.3. The summed E-state index contributed by atoms with van der Waals surface area (Å²) in [7, 11) is 0. The van der Waals surface area contributed by atoms with Gasteiger partial charge in [-0.25, -0.2) is 4.68 Å². The highest BCUT2D eigenvalue weighted by Crippen LogP contribution is 2.36. The zero-order valence-electron chi connectivity index (χ0n) is 14.7. The minimum Gasteiger partial charge on any atom is -0.325 e. The standard InChI is InChI=1S/C19H18ClN5OS/c1-12-9-14(13-3-2-4-15(20)10-13)5-8-17(12)21-18(26)11-27-19-22-23-24-25(19)16-6-7-16/h2-5,8-10,16H,6-7,11H2,1H3,(H,21,26). The van der Waals surface area contributed by atoms with Gasteiger partial charge in [-0.3, -0.25) is 4.79 Å². The number of hydrogen-bond donors (Lipinski definition) is 1. The van der Waals surface area contributed by atoms with Crippen molar-refractivity contribution >= 4 is 35.0 Å². The fourth-order valence-corrected chi connectivity index (χ4v) is 3.73. The van der Waals surface area contributed by atoms with Gasteiger partial charge in [0.2, 0.25) is 11.1 Å². The number of thioether (sulfide) groups is 1. The van der Waals surface area contributed by atoms with Crippen LogP contribution in [0, 0.1) is 6.92 Å². The second-order valence-electron chi connectivity index (χ2n) is 6.51. The highest BCUT2D eigenvalue weighted by Gasteiger charge is 2.28. The van der Waals surface area contributed by atoms with E-state index in [1.165, 1.54) is 11.8 Å². The summed E-state index contributed by atoms with van der Waals surface area (Å²) in [6.45, 7) is 1.98. The van der Waals surface area contributed by atoms with Gasteiger partial charge in [-0.2, -0.15) is 0 Å². The Bertz CT molecular complexity index is 986. The summed E-state index contributed by atoms with van der Waals surface area (Å²) < 4.78 is 1.81. The van der Waals surface area contributed by atoms with E-state index in [1.54, 1.807) is 0 Å². The molecule has 0 bridgehead atoms. The Labute approximate surface area is 166 Å². The maximum absolute atomic E-state index is 12.3. The first-order chi connectivity index (χ1) is 13.1. The molecule has 1 heterocycles. The molecule has 1 aromatic heterocycles. The number of amides is 1. The molecule has 3 aromatic rings. The number of nitrogens with one attached hydrogen (secondary N) is 1. The van der Waals surface area contributed by atoms with Gasteiger partial charge >= 0.3 is 0 Å². The summed E-state index contributed by atoms with van der Waals surface area (Å²) in [6.07, 6.45) is 2.20. The third-order valence-electron chi connectivity index (χ3n) is 4.35. The number of anilines is 1. The van der Waals surface area contributed by atoms with Crippen molar-refractivity contribution in [2.45, 2.75) is 31.0 Å². The number of carbonyl (C=O) groups excluding carboxylic acids is 1. The van der Waals surface area contributed by atoms with Crippen LogP contribution in [-0.2, 0) is 4.79 Å². The lowest BCUT2D eigenvalue weighted by Crippen LogP contribution is -2.15. The fraction of sp³-hybridized carbons (Fsp3) is 0.263. The molecule has 1 aliphatic rings. The first kappa shape index (κ1) is 18.0. The van der Waals surface area contributed by atoms with E-state index in [0.717, 1.165) is 35.2 Å². The summed E-state index contributed by atoms with van der Waals surface area (Å²) in [5.74, 6) is 0.187. The van der Waals surface area contributed by atoms with E-state index < -0.39 is 0 Å². The second-order valence-corrected chi connectivity index (χ2v) is 7.89. The SMILES string of the molecule is Cc1cc(-c2cccc(Cl)c2)ccc1NC(=O)CSc1nnnn1C1CC1. The Kier molecular flexibility index (Phi) is 5.13. The van der Waals surface area contributed by atoms with Crippen LogP contribution in [0.3, 0.4) is 0 Å². The van der Waals surface area contributed by atoms with Crippen molar-refractivity contribution in [3.63, 3.8) is 0 Å². The van der Waals surface area contributed by atoms with Gasteiger partial charge in [0.15, 0.2) is 0 Å². The number of carbonyl (C=O) groups is 1. The number of nitrogens with zero attached hydrogens (tertiary/aromatic N) is 4. The molecule has 0 spiro atoms. The average molecular weight is 400 g/mol. The van der Waals surface area contributed by atoms with Crippen molar-refractivity contribution in [2.24, 2.45) is 0 Å². The lowest BCUT2D eigenvalue weighted by molar-refractivity contribution is -0.113. The molecule has 0 aliphatic heterocycles. The molecule has 27 heavy (non-hydrogen) atoms. The molecule has 138 valence electrons. The minimum absolute atomic E-state index is 0.0797. The Balaban J connectivity index is 1.40. The van der Waals surface area contributed by atoms with Crippen LogP contribution < -0.4 is 5.32 Å². The van der Waals surface area contributed by atoms with E-state index in [0.29, 0.717) is 16.2 Å². The monoisotopic (exact) mass is 399 g/mol. The Morgan fingerprint density at radius 2 is 2.07 bits per heavy atom. The molecule has 0 unspecified atom stereocenters. The van der Waals surface area contributed by atoms with Gasteiger partial charge in [-0.1, -0.05) is 41.6 Å². The maximum Gasteiger partial charge on any atom is 0.234 e. The molecule has 1 amide bonds. The van der Waals surface area contributed by atoms with Crippen molar-refractivity contribution in [1.82, 2.24) is 20.2 Å². The largest absolute Gasteiger partial charge is 0.325 e. The first-order valence-corrected chi connectivity index (χ1v) is 10.0. The molecule has 0 atom stereocenters. The molecule has 1 fully saturated rings. The Hall–Kier alpha value is -2.38. The predicted octanol–water partition coefficient (Wildman–Crippen LogP) is 4.37. The van der Waals surface area contributed by atoms with E-state index in [2.05, 4.69) is 20.8 Å². The third kappa shape index (κ3) is 4.31. The summed E-state index contributed by atoms with van der Waals surface area (Å²) in [5, 5.41) is 16.1. The van der Waals surface area contributed by atoms with Crippen LogP contribution in [0.1, 0.15) is 24.4 Å². The molecule has 1 saturated carbocycles. The van der Waals surface area contributed by atoms with Gasteiger partial charge in [0.05, 0.1) is 11.8 Å². The summed E-state index contributed by atoms with van der Waals surface area (Å²) in [5.41, 5.74) is 3.90. The molecule has 1 aliphatic carbocycles. The highest BCUT2D eigenvalue weighted by molar-refractivity contribution is 7.99. The Morgan fingerprint density at radius 1 is 1.26 bits per heavy atom. The van der Waals surface area contributed by atoms with Gasteiger partial charge in [0, 0.05) is 10.7 Å². The molecule has 8 heteroatoms. The van der Waals surface area contributed by atoms with Crippen LogP contribution in [0.5, 0.6) is 0 Å². The van der Waals surface area contributed by atoms with Gasteiger partial charge in [0.1, 0.15) is 0 Å². The zero-order chi connectivity index (χ0) is 18.8. The van der Waals surface area contributed by atoms with E-state index in [1.807, 2.05) is 54.1 Å². The quantitative estimate of drug-likeness (QED) is 0.623. The number of rotatable bonds is 6. The van der Waals surface area contributed by atoms with Crippen LogP contribution >= 0.6 is 23.4 Å². The van der Waals surface area contributed by atoms with Crippen molar-refractivity contribution in [2.75, 3.05) is 11.1 Å². The van der Waals surface area contributed by atoms with E-state index in [4.69, 9.17) is 11.6 Å². The highest BCUT2D eigenvalue weighted by atomic mass is 35.5. The van der Waals surface area contributed by atoms with Crippen LogP contribution in [-0.4, -0.2) is 31.9 Å². The first-order valence-electron chi connectivity index (χ1n) is 8.67. The van der Waals surface area contributed by atoms with Gasteiger partial charge in [0.25, 0.3) is 0 Å². The molecule has 0 radical (unpaired) electrons. The minimum atomic E-state index is -0.0797. The predicted molar refractivity (Wildman–Crippen MR) is 107 cm³/mol. The Morgan fingerprint density at radius 3 is 2.81 bits per heavy atom. The molecular weight excluding hydrogens is 382 g/mol. The van der Waals surface area contributed by atoms with Crippen molar-refractivity contribution < 1.29 is 4.79 Å². The number of tetrazole rings is 1. The van der Waals surface area contributed by atoms with E-state index >= 15 is 0 Å². The fourth-order valence-electron chi connectivity index (χ4n) is 2.80. The van der Waals surface area contributed by atoms with Crippen LogP contribution in [0.15, 0.2) is 47.6 Å². The number of hydrogen-bond acceptors (Lipinski definition) is 5. The molecule has 2 aromatic carbocycles. The van der Waals surface area contributed by atoms with Gasteiger partial charge in [-0.05, 0) is 71.1 Å².